The van der Waals surface area contributed by atoms with Crippen LogP contribution in [0.25, 0.3) is 5.65 Å². The van der Waals surface area contributed by atoms with Crippen molar-refractivity contribution < 1.29 is 9.90 Å². The van der Waals surface area contributed by atoms with E-state index in [1.807, 2.05) is 6.92 Å². The zero-order valence-corrected chi connectivity index (χ0v) is 9.48. The van der Waals surface area contributed by atoms with Crippen LogP contribution in [0.4, 0.5) is 5.82 Å². The molecule has 0 radical (unpaired) electrons. The van der Waals surface area contributed by atoms with Crippen molar-refractivity contribution in [1.82, 2.24) is 25.0 Å². The number of likely N-dealkylation sites (N-methyl/N-ethyl adjacent to an activating group) is 1. The van der Waals surface area contributed by atoms with Gasteiger partial charge in [0, 0.05) is 7.05 Å². The van der Waals surface area contributed by atoms with Gasteiger partial charge in [-0.3, -0.25) is 4.98 Å². The third-order valence-corrected chi connectivity index (χ3v) is 2.59. The summed E-state index contributed by atoms with van der Waals surface area (Å²) in [5.74, 6) is -0.346. The Kier molecular flexibility index (Phi) is 2.86. The van der Waals surface area contributed by atoms with Crippen molar-refractivity contribution in [2.24, 2.45) is 0 Å². The van der Waals surface area contributed by atoms with Crippen LogP contribution in [-0.2, 0) is 4.79 Å². The second kappa shape index (κ2) is 4.32. The summed E-state index contributed by atoms with van der Waals surface area (Å²) in [6, 6.07) is -0.633. The molecule has 2 heterocycles. The van der Waals surface area contributed by atoms with Gasteiger partial charge in [-0.05, 0) is 16.8 Å². The topological polar surface area (TPSA) is 96.5 Å². The predicted octanol–water partition coefficient (Wildman–Crippen LogP) is -0.181. The van der Waals surface area contributed by atoms with E-state index in [0.29, 0.717) is 17.9 Å². The van der Waals surface area contributed by atoms with E-state index < -0.39 is 12.0 Å². The molecule has 0 spiro atoms. The Hall–Kier alpha value is -2.25. The minimum atomic E-state index is -0.889. The highest BCUT2D eigenvalue weighted by Gasteiger charge is 2.23. The molecule has 2 aromatic heterocycles. The van der Waals surface area contributed by atoms with Crippen molar-refractivity contribution in [3.63, 3.8) is 0 Å². The van der Waals surface area contributed by atoms with Gasteiger partial charge >= 0.3 is 5.97 Å². The van der Waals surface area contributed by atoms with Gasteiger partial charge in [-0.15, -0.1) is 5.10 Å². The number of rotatable bonds is 4. The molecule has 0 saturated carbocycles. The van der Waals surface area contributed by atoms with E-state index in [1.165, 1.54) is 16.9 Å². The smallest absolute Gasteiger partial charge is 0.326 e. The number of carbonyl (C=O) groups is 1. The highest BCUT2D eigenvalue weighted by atomic mass is 16.4. The first-order valence-electron chi connectivity index (χ1n) is 5.13. The van der Waals surface area contributed by atoms with Crippen LogP contribution in [0.3, 0.4) is 0 Å². The van der Waals surface area contributed by atoms with E-state index in [9.17, 15) is 4.79 Å². The number of nitrogens with zero attached hydrogens (tertiary/aromatic N) is 6. The lowest BCUT2D eigenvalue weighted by Gasteiger charge is -2.25. The summed E-state index contributed by atoms with van der Waals surface area (Å²) < 4.78 is 1.46. The van der Waals surface area contributed by atoms with Gasteiger partial charge in [0.05, 0.1) is 12.4 Å². The molecular formula is C9H12N6O2. The van der Waals surface area contributed by atoms with Crippen LogP contribution in [-0.4, -0.2) is 49.2 Å². The molecule has 0 aromatic carbocycles. The van der Waals surface area contributed by atoms with Crippen molar-refractivity contribution in [3.8, 4) is 0 Å². The van der Waals surface area contributed by atoms with Gasteiger partial charge in [0.25, 0.3) is 0 Å². The highest BCUT2D eigenvalue weighted by molar-refractivity contribution is 5.77. The Labute approximate surface area is 96.9 Å². The number of hydrogen-bond donors (Lipinski definition) is 1. The lowest BCUT2D eigenvalue weighted by Crippen LogP contribution is -2.39. The first kappa shape index (κ1) is 11.2. The van der Waals surface area contributed by atoms with E-state index in [4.69, 9.17) is 5.11 Å². The number of aliphatic carboxylic acids is 1. The van der Waals surface area contributed by atoms with E-state index in [1.54, 1.807) is 11.9 Å². The molecule has 0 aliphatic rings. The van der Waals surface area contributed by atoms with Crippen molar-refractivity contribution >= 4 is 17.4 Å². The van der Waals surface area contributed by atoms with Crippen LogP contribution in [0.5, 0.6) is 0 Å². The van der Waals surface area contributed by atoms with Gasteiger partial charge in [0.15, 0.2) is 11.5 Å². The van der Waals surface area contributed by atoms with Gasteiger partial charge in [-0.2, -0.15) is 4.52 Å². The Morgan fingerprint density at radius 1 is 1.59 bits per heavy atom. The maximum atomic E-state index is 11.1. The van der Waals surface area contributed by atoms with E-state index >= 15 is 0 Å². The van der Waals surface area contributed by atoms with Crippen LogP contribution in [0.2, 0.25) is 0 Å². The quantitative estimate of drug-likeness (QED) is 0.786. The molecule has 0 fully saturated rings. The van der Waals surface area contributed by atoms with Gasteiger partial charge in [-0.1, -0.05) is 6.92 Å². The van der Waals surface area contributed by atoms with Crippen LogP contribution in [0.1, 0.15) is 13.3 Å². The Morgan fingerprint density at radius 2 is 2.35 bits per heavy atom. The van der Waals surface area contributed by atoms with Crippen LogP contribution < -0.4 is 4.90 Å². The molecule has 0 aliphatic heterocycles. The zero-order chi connectivity index (χ0) is 12.4. The van der Waals surface area contributed by atoms with Gasteiger partial charge in [0.1, 0.15) is 6.04 Å². The second-order valence-corrected chi connectivity index (χ2v) is 3.59. The molecule has 2 rings (SSSR count). The molecule has 8 heteroatoms. The molecule has 0 aliphatic carbocycles. The van der Waals surface area contributed by atoms with Gasteiger partial charge in [0.2, 0.25) is 0 Å². The van der Waals surface area contributed by atoms with Gasteiger partial charge < -0.3 is 10.0 Å². The van der Waals surface area contributed by atoms with Crippen LogP contribution in [0.15, 0.2) is 12.4 Å². The minimum Gasteiger partial charge on any atom is -0.480 e. The highest BCUT2D eigenvalue weighted by Crippen LogP contribution is 2.15. The molecule has 0 bridgehead atoms. The second-order valence-electron chi connectivity index (χ2n) is 3.59. The summed E-state index contributed by atoms with van der Waals surface area (Å²) in [6.07, 6.45) is 3.53. The van der Waals surface area contributed by atoms with E-state index in [-0.39, 0.29) is 0 Å². The lowest BCUT2D eigenvalue weighted by molar-refractivity contribution is -0.138. The Bertz CT molecular complexity index is 539. The summed E-state index contributed by atoms with van der Waals surface area (Å²) in [4.78, 5) is 16.7. The molecule has 0 amide bonds. The fourth-order valence-corrected chi connectivity index (χ4v) is 1.68. The minimum absolute atomic E-state index is 0.477. The average Bonchev–Trinajstić information content (AvgIpc) is 2.76. The number of aromatic nitrogens is 5. The van der Waals surface area contributed by atoms with Crippen LogP contribution in [0, 0.1) is 0 Å². The number of tetrazole rings is 1. The monoisotopic (exact) mass is 236 g/mol. The number of fused-ring (bicyclic) bond motifs is 1. The van der Waals surface area contributed by atoms with Gasteiger partial charge in [-0.25, -0.2) is 4.79 Å². The standard InChI is InChI=1S/C9H12N6O2/c1-3-6(9(16)17)14(2)8-5-10-4-7-11-12-13-15(7)8/h4-6H,3H2,1-2H3,(H,16,17). The molecule has 1 N–H and O–H groups in total. The summed E-state index contributed by atoms with van der Waals surface area (Å²) in [5.41, 5.74) is 0.481. The molecule has 0 saturated heterocycles. The molecule has 1 atom stereocenters. The molecule has 2 aromatic rings. The summed E-state index contributed by atoms with van der Waals surface area (Å²) in [7, 11) is 1.68. The number of anilines is 1. The molecule has 1 unspecified atom stereocenters. The van der Waals surface area contributed by atoms with Crippen molar-refractivity contribution in [2.45, 2.75) is 19.4 Å². The Morgan fingerprint density at radius 3 is 3.00 bits per heavy atom. The largest absolute Gasteiger partial charge is 0.480 e. The average molecular weight is 236 g/mol. The summed E-state index contributed by atoms with van der Waals surface area (Å²) in [5, 5.41) is 20.2. The summed E-state index contributed by atoms with van der Waals surface area (Å²) in [6.45, 7) is 1.81. The van der Waals surface area contributed by atoms with Crippen molar-refractivity contribution in [2.75, 3.05) is 11.9 Å². The van der Waals surface area contributed by atoms with E-state index in [2.05, 4.69) is 20.5 Å². The maximum absolute atomic E-state index is 11.1. The Balaban J connectivity index is 2.45. The fraction of sp³-hybridized carbons (Fsp3) is 0.444. The van der Waals surface area contributed by atoms with E-state index in [0.717, 1.165) is 0 Å². The zero-order valence-electron chi connectivity index (χ0n) is 9.48. The molecule has 17 heavy (non-hydrogen) atoms. The third-order valence-electron chi connectivity index (χ3n) is 2.59. The third kappa shape index (κ3) is 1.88. The maximum Gasteiger partial charge on any atom is 0.326 e. The molecule has 90 valence electrons. The van der Waals surface area contributed by atoms with Crippen LogP contribution >= 0.6 is 0 Å². The normalized spacial score (nSPS) is 12.6. The molecule has 8 nitrogen and oxygen atoms in total. The molecular weight excluding hydrogens is 224 g/mol. The number of carboxylic acids is 1. The SMILES string of the molecule is CCC(C(=O)O)N(C)c1cncc2nnnn12. The van der Waals surface area contributed by atoms with Crippen molar-refractivity contribution in [1.29, 1.82) is 0 Å². The lowest BCUT2D eigenvalue weighted by atomic mass is 10.2. The predicted molar refractivity (Wildman–Crippen MR) is 58.7 cm³/mol. The first-order valence-corrected chi connectivity index (χ1v) is 5.13. The number of carboxylic acid groups (broad SMARTS) is 1. The first-order chi connectivity index (χ1) is 8.15. The fourth-order valence-electron chi connectivity index (χ4n) is 1.68. The number of hydrogen-bond acceptors (Lipinski definition) is 6. The van der Waals surface area contributed by atoms with Crippen molar-refractivity contribution in [3.05, 3.63) is 12.4 Å². The summed E-state index contributed by atoms with van der Waals surface area (Å²) >= 11 is 0.